The monoisotopic (exact) mass is 280 g/mol. The number of nitro groups is 1. The van der Waals surface area contributed by atoms with E-state index in [9.17, 15) is 14.9 Å². The van der Waals surface area contributed by atoms with E-state index in [0.29, 0.717) is 18.5 Å². The van der Waals surface area contributed by atoms with Gasteiger partial charge in [0.15, 0.2) is 0 Å². The molecular formula is C14H20N2O4. The summed E-state index contributed by atoms with van der Waals surface area (Å²) in [5.74, 6) is -0.184. The van der Waals surface area contributed by atoms with Crippen LogP contribution in [0.3, 0.4) is 0 Å². The summed E-state index contributed by atoms with van der Waals surface area (Å²) in [6.45, 7) is 4.45. The van der Waals surface area contributed by atoms with Gasteiger partial charge >= 0.3 is 0 Å². The number of hydrogen-bond donors (Lipinski definition) is 2. The topological polar surface area (TPSA) is 92.5 Å². The molecule has 0 unspecified atom stereocenters. The predicted octanol–water partition coefficient (Wildman–Crippen LogP) is 1.66. The number of aliphatic hydroxyl groups excluding tert-OH is 1. The van der Waals surface area contributed by atoms with Gasteiger partial charge in [-0.1, -0.05) is 26.0 Å². The number of rotatable bonds is 7. The Hall–Kier alpha value is -1.95. The summed E-state index contributed by atoms with van der Waals surface area (Å²) in [7, 11) is 0. The highest BCUT2D eigenvalue weighted by molar-refractivity contribution is 5.78. The minimum Gasteiger partial charge on any atom is -0.396 e. The highest BCUT2D eigenvalue weighted by atomic mass is 16.6. The van der Waals surface area contributed by atoms with Crippen LogP contribution in [-0.2, 0) is 11.2 Å². The molecule has 20 heavy (non-hydrogen) atoms. The molecule has 0 saturated carbocycles. The molecule has 0 heterocycles. The molecule has 0 bridgehead atoms. The first kappa shape index (κ1) is 16.1. The molecule has 1 aromatic rings. The Morgan fingerprint density at radius 3 is 2.75 bits per heavy atom. The van der Waals surface area contributed by atoms with E-state index in [4.69, 9.17) is 5.11 Å². The van der Waals surface area contributed by atoms with Crippen LogP contribution >= 0.6 is 0 Å². The molecule has 0 aliphatic rings. The molecular weight excluding hydrogens is 260 g/mol. The third kappa shape index (κ3) is 5.36. The first-order valence-electron chi connectivity index (χ1n) is 6.45. The minimum atomic E-state index is -0.480. The van der Waals surface area contributed by atoms with E-state index in [-0.39, 0.29) is 30.0 Å². The van der Waals surface area contributed by atoms with Gasteiger partial charge in [0.2, 0.25) is 5.91 Å². The average Bonchev–Trinajstić information content (AvgIpc) is 2.37. The molecule has 1 aromatic carbocycles. The Morgan fingerprint density at radius 1 is 1.45 bits per heavy atom. The quantitative estimate of drug-likeness (QED) is 0.587. The summed E-state index contributed by atoms with van der Waals surface area (Å²) in [6, 6.07) is 6.05. The zero-order valence-electron chi connectivity index (χ0n) is 11.8. The first-order valence-corrected chi connectivity index (χ1v) is 6.45. The maximum absolute atomic E-state index is 11.8. The van der Waals surface area contributed by atoms with E-state index in [1.165, 1.54) is 12.1 Å². The lowest BCUT2D eigenvalue weighted by Crippen LogP contribution is -2.35. The Morgan fingerprint density at radius 2 is 2.15 bits per heavy atom. The number of aliphatic hydroxyl groups is 1. The van der Waals surface area contributed by atoms with Gasteiger partial charge in [0.1, 0.15) is 0 Å². The van der Waals surface area contributed by atoms with Crippen molar-refractivity contribution in [1.82, 2.24) is 5.32 Å². The zero-order valence-corrected chi connectivity index (χ0v) is 11.8. The van der Waals surface area contributed by atoms with Gasteiger partial charge in [-0.2, -0.15) is 0 Å². The van der Waals surface area contributed by atoms with E-state index in [0.717, 1.165) is 0 Å². The van der Waals surface area contributed by atoms with Crippen LogP contribution in [0.25, 0.3) is 0 Å². The maximum Gasteiger partial charge on any atom is 0.269 e. The van der Waals surface area contributed by atoms with Crippen molar-refractivity contribution in [3.05, 3.63) is 39.9 Å². The smallest absolute Gasteiger partial charge is 0.269 e. The number of hydrogen-bond acceptors (Lipinski definition) is 4. The van der Waals surface area contributed by atoms with Gasteiger partial charge in [0, 0.05) is 25.3 Å². The standard InChI is InChI=1S/C14H20N2O4/c1-14(2,6-7-17)10-15-13(18)9-11-4-3-5-12(8-11)16(19)20/h3-5,8,17H,6-7,9-10H2,1-2H3,(H,15,18). The van der Waals surface area contributed by atoms with Crippen molar-refractivity contribution in [1.29, 1.82) is 0 Å². The molecule has 6 heteroatoms. The Labute approximate surface area is 118 Å². The van der Waals surface area contributed by atoms with Gasteiger partial charge in [0.25, 0.3) is 5.69 Å². The largest absolute Gasteiger partial charge is 0.396 e. The molecule has 0 aliphatic carbocycles. The predicted molar refractivity (Wildman–Crippen MR) is 75.3 cm³/mol. The first-order chi connectivity index (χ1) is 9.34. The van der Waals surface area contributed by atoms with Crippen molar-refractivity contribution >= 4 is 11.6 Å². The van der Waals surface area contributed by atoms with Gasteiger partial charge in [-0.3, -0.25) is 14.9 Å². The summed E-state index contributed by atoms with van der Waals surface area (Å²) in [5.41, 5.74) is 0.417. The van der Waals surface area contributed by atoms with E-state index < -0.39 is 4.92 Å². The second-order valence-corrected chi connectivity index (χ2v) is 5.52. The fraction of sp³-hybridized carbons (Fsp3) is 0.500. The fourth-order valence-electron chi connectivity index (χ4n) is 1.76. The highest BCUT2D eigenvalue weighted by Crippen LogP contribution is 2.18. The number of nitro benzene ring substituents is 1. The number of nitrogens with one attached hydrogen (secondary N) is 1. The molecule has 6 nitrogen and oxygen atoms in total. The summed E-state index contributed by atoms with van der Waals surface area (Å²) < 4.78 is 0. The van der Waals surface area contributed by atoms with Crippen LogP contribution in [-0.4, -0.2) is 29.1 Å². The molecule has 0 atom stereocenters. The van der Waals surface area contributed by atoms with Crippen LogP contribution in [0.5, 0.6) is 0 Å². The van der Waals surface area contributed by atoms with Crippen molar-refractivity contribution in [3.8, 4) is 0 Å². The molecule has 0 aromatic heterocycles. The summed E-state index contributed by atoms with van der Waals surface area (Å²) >= 11 is 0. The van der Waals surface area contributed by atoms with E-state index in [2.05, 4.69) is 5.32 Å². The fourth-order valence-corrected chi connectivity index (χ4v) is 1.76. The van der Waals surface area contributed by atoms with Crippen LogP contribution in [0.1, 0.15) is 25.8 Å². The van der Waals surface area contributed by atoms with Gasteiger partial charge < -0.3 is 10.4 Å². The number of carbonyl (C=O) groups is 1. The minimum absolute atomic E-state index is 0.0177. The summed E-state index contributed by atoms with van der Waals surface area (Å²) in [4.78, 5) is 22.0. The van der Waals surface area contributed by atoms with Gasteiger partial charge in [-0.05, 0) is 17.4 Å². The summed E-state index contributed by atoms with van der Waals surface area (Å²) in [6.07, 6.45) is 0.709. The van der Waals surface area contributed by atoms with Gasteiger partial charge in [-0.25, -0.2) is 0 Å². The van der Waals surface area contributed by atoms with Crippen LogP contribution in [0.4, 0.5) is 5.69 Å². The summed E-state index contributed by atoms with van der Waals surface area (Å²) in [5, 5.41) is 22.3. The van der Waals surface area contributed by atoms with Crippen molar-refractivity contribution in [3.63, 3.8) is 0 Å². The third-order valence-electron chi connectivity index (χ3n) is 3.04. The number of non-ortho nitro benzene ring substituents is 1. The second-order valence-electron chi connectivity index (χ2n) is 5.52. The van der Waals surface area contributed by atoms with Gasteiger partial charge in [-0.15, -0.1) is 0 Å². The Kier molecular flexibility index (Phi) is 5.64. The molecule has 0 fully saturated rings. The van der Waals surface area contributed by atoms with Crippen molar-refractivity contribution in [2.24, 2.45) is 5.41 Å². The highest BCUT2D eigenvalue weighted by Gasteiger charge is 2.18. The number of amides is 1. The molecule has 0 spiro atoms. The molecule has 0 radical (unpaired) electrons. The van der Waals surface area contributed by atoms with Crippen molar-refractivity contribution < 1.29 is 14.8 Å². The lowest BCUT2D eigenvalue weighted by atomic mass is 9.89. The molecule has 0 aliphatic heterocycles. The van der Waals surface area contributed by atoms with Crippen LogP contribution in [0, 0.1) is 15.5 Å². The lowest BCUT2D eigenvalue weighted by Gasteiger charge is -2.23. The van der Waals surface area contributed by atoms with Crippen LogP contribution in [0.2, 0.25) is 0 Å². The normalized spacial score (nSPS) is 11.2. The van der Waals surface area contributed by atoms with Gasteiger partial charge in [0.05, 0.1) is 11.3 Å². The van der Waals surface area contributed by atoms with Crippen LogP contribution in [0.15, 0.2) is 24.3 Å². The number of benzene rings is 1. The molecule has 0 saturated heterocycles. The SMILES string of the molecule is CC(C)(CCO)CNC(=O)Cc1cccc([N+](=O)[O-])c1. The Balaban J connectivity index is 2.54. The lowest BCUT2D eigenvalue weighted by molar-refractivity contribution is -0.384. The van der Waals surface area contributed by atoms with E-state index in [1.54, 1.807) is 12.1 Å². The van der Waals surface area contributed by atoms with Crippen molar-refractivity contribution in [2.75, 3.05) is 13.2 Å². The third-order valence-corrected chi connectivity index (χ3v) is 3.04. The number of nitrogens with zero attached hydrogens (tertiary/aromatic N) is 1. The van der Waals surface area contributed by atoms with E-state index >= 15 is 0 Å². The Bertz CT molecular complexity index is 486. The number of carbonyl (C=O) groups excluding carboxylic acids is 1. The maximum atomic E-state index is 11.8. The molecule has 1 amide bonds. The van der Waals surface area contributed by atoms with E-state index in [1.807, 2.05) is 13.8 Å². The zero-order chi connectivity index (χ0) is 15.2. The van der Waals surface area contributed by atoms with Crippen molar-refractivity contribution in [2.45, 2.75) is 26.7 Å². The molecule has 110 valence electrons. The second kappa shape index (κ2) is 7.00. The average molecular weight is 280 g/mol. The molecule has 1 rings (SSSR count). The molecule has 2 N–H and O–H groups in total. The van der Waals surface area contributed by atoms with Crippen LogP contribution < -0.4 is 5.32 Å².